The van der Waals surface area contributed by atoms with E-state index in [9.17, 15) is 26.4 Å². The van der Waals surface area contributed by atoms with Crippen LogP contribution in [0, 0.1) is 6.92 Å². The number of ether oxygens (including phenoxy) is 2. The highest BCUT2D eigenvalue weighted by molar-refractivity contribution is 7.91. The van der Waals surface area contributed by atoms with Crippen molar-refractivity contribution in [1.82, 2.24) is 24.7 Å². The maximum absolute atomic E-state index is 12.8. The zero-order chi connectivity index (χ0) is 25.4. The van der Waals surface area contributed by atoms with Crippen LogP contribution >= 0.6 is 0 Å². The number of rotatable bonds is 6. The van der Waals surface area contributed by atoms with Crippen LogP contribution in [0.3, 0.4) is 0 Å². The highest BCUT2D eigenvalue weighted by Gasteiger charge is 2.35. The fraction of sp³-hybridized carbons (Fsp3) is 0.429. The Bertz CT molecular complexity index is 1360. The van der Waals surface area contributed by atoms with E-state index in [-0.39, 0.29) is 28.8 Å². The van der Waals surface area contributed by atoms with Crippen molar-refractivity contribution in [3.63, 3.8) is 0 Å². The van der Waals surface area contributed by atoms with Gasteiger partial charge in [0.1, 0.15) is 26.9 Å². The Labute approximate surface area is 198 Å². The summed E-state index contributed by atoms with van der Waals surface area (Å²) in [6.07, 6.45) is 1.46. The zero-order valence-electron chi connectivity index (χ0n) is 18.8. The van der Waals surface area contributed by atoms with Gasteiger partial charge in [0.15, 0.2) is 6.61 Å². The van der Waals surface area contributed by atoms with E-state index in [0.717, 1.165) is 0 Å². The van der Waals surface area contributed by atoms with Crippen molar-refractivity contribution in [2.75, 3.05) is 18.1 Å². The number of carbonyl (C=O) groups excluding carboxylic acids is 1. The fourth-order valence-electron chi connectivity index (χ4n) is 3.51. The summed E-state index contributed by atoms with van der Waals surface area (Å²) in [6.45, 7) is 1.94. The van der Waals surface area contributed by atoms with Crippen LogP contribution in [0.15, 0.2) is 30.9 Å². The smallest absolute Gasteiger partial charge is 0.422 e. The van der Waals surface area contributed by atoms with E-state index in [1.165, 1.54) is 29.2 Å². The Kier molecular flexibility index (Phi) is 6.34. The summed E-state index contributed by atoms with van der Waals surface area (Å²) in [6, 6.07) is 1.63. The number of sulfone groups is 1. The third-order valence-electron chi connectivity index (χ3n) is 5.54. The summed E-state index contributed by atoms with van der Waals surface area (Å²) in [7, 11) is -3.08. The van der Waals surface area contributed by atoms with Gasteiger partial charge in [-0.1, -0.05) is 0 Å². The second-order valence-corrected chi connectivity index (χ2v) is 10.9. The van der Waals surface area contributed by atoms with Crippen LogP contribution in [0.5, 0.6) is 17.5 Å². The molecule has 0 radical (unpaired) electrons. The summed E-state index contributed by atoms with van der Waals surface area (Å²) in [4.78, 5) is 24.8. The van der Waals surface area contributed by atoms with E-state index in [2.05, 4.69) is 20.3 Å². The van der Waals surface area contributed by atoms with Gasteiger partial charge in [-0.2, -0.15) is 13.2 Å². The van der Waals surface area contributed by atoms with Crippen LogP contribution in [0.4, 0.5) is 13.2 Å². The largest absolute Gasteiger partial charge is 0.464 e. The summed E-state index contributed by atoms with van der Waals surface area (Å²) in [5.41, 5.74) is 0.460. The third kappa shape index (κ3) is 5.99. The summed E-state index contributed by atoms with van der Waals surface area (Å²) in [5, 5.41) is 2.88. The van der Waals surface area contributed by atoms with Crippen LogP contribution in [-0.4, -0.2) is 63.5 Å². The van der Waals surface area contributed by atoms with Crippen molar-refractivity contribution in [3.05, 3.63) is 42.1 Å². The molecule has 0 aromatic carbocycles. The van der Waals surface area contributed by atoms with E-state index >= 15 is 0 Å². The van der Waals surface area contributed by atoms with E-state index in [4.69, 9.17) is 9.47 Å². The number of nitrogens with zero attached hydrogens (tertiary/aromatic N) is 4. The molecule has 0 atom stereocenters. The lowest BCUT2D eigenvalue weighted by atomic mass is 9.95. The Balaban J connectivity index is 1.53. The predicted octanol–water partition coefficient (Wildman–Crippen LogP) is 2.86. The maximum Gasteiger partial charge on any atom is 0.422 e. The molecular formula is C21H22F3N5O5S. The molecule has 1 amide bonds. The molecule has 0 aliphatic carbocycles. The summed E-state index contributed by atoms with van der Waals surface area (Å²) >= 11 is 0. The number of alkyl halides is 3. The van der Waals surface area contributed by atoms with E-state index in [1.54, 1.807) is 19.9 Å². The van der Waals surface area contributed by atoms with Gasteiger partial charge in [-0.25, -0.2) is 23.4 Å². The topological polar surface area (TPSA) is 125 Å². The summed E-state index contributed by atoms with van der Waals surface area (Å²) in [5.74, 6) is -0.871. The number of aryl methyl sites for hydroxylation is 1. The number of hydrogen-bond donors (Lipinski definition) is 1. The van der Waals surface area contributed by atoms with E-state index < -0.39 is 39.9 Å². The molecule has 1 fully saturated rings. The minimum Gasteiger partial charge on any atom is -0.464 e. The quantitative estimate of drug-likeness (QED) is 0.534. The monoisotopic (exact) mass is 513 g/mol. The zero-order valence-corrected chi connectivity index (χ0v) is 19.6. The first-order chi connectivity index (χ1) is 16.3. The minimum atomic E-state index is -4.56. The first kappa shape index (κ1) is 24.7. The SMILES string of the molecule is Cc1cc2nc(C(=O)NC3(C)CCS(=O)(=O)CC3)cn2cc1Oc1nccnc1OCC(F)(F)F. The molecule has 188 valence electrons. The molecular weight excluding hydrogens is 491 g/mol. The standard InChI is InChI=1S/C21H22F3N5O5S/c1-13-9-16-27-14(17(30)28-20(2)3-7-35(31,32)8-4-20)10-29(16)11-15(13)34-19-18(25-5-6-26-19)33-12-21(22,23)24/h5-6,9-11H,3-4,7-8,12H2,1-2H3,(H,28,30). The van der Waals surface area contributed by atoms with Crippen molar-refractivity contribution in [3.8, 4) is 17.5 Å². The van der Waals surface area contributed by atoms with Crippen LogP contribution in [0.25, 0.3) is 5.65 Å². The molecule has 1 saturated heterocycles. The van der Waals surface area contributed by atoms with E-state index in [0.29, 0.717) is 24.1 Å². The molecule has 35 heavy (non-hydrogen) atoms. The van der Waals surface area contributed by atoms with Crippen molar-refractivity contribution < 1.29 is 35.9 Å². The molecule has 1 aliphatic rings. The van der Waals surface area contributed by atoms with Gasteiger partial charge in [0.05, 0.1) is 17.7 Å². The highest BCUT2D eigenvalue weighted by atomic mass is 32.2. The van der Waals surface area contributed by atoms with Crippen molar-refractivity contribution in [1.29, 1.82) is 0 Å². The Morgan fingerprint density at radius 2 is 1.83 bits per heavy atom. The normalized spacial score (nSPS) is 17.2. The molecule has 14 heteroatoms. The van der Waals surface area contributed by atoms with Gasteiger partial charge in [0, 0.05) is 24.1 Å². The first-order valence-electron chi connectivity index (χ1n) is 10.5. The van der Waals surface area contributed by atoms with Crippen molar-refractivity contribution in [2.24, 2.45) is 0 Å². The molecule has 4 heterocycles. The lowest BCUT2D eigenvalue weighted by Crippen LogP contribution is -2.51. The number of pyridine rings is 1. The molecule has 0 bridgehead atoms. The average Bonchev–Trinajstić information content (AvgIpc) is 3.18. The molecule has 0 spiro atoms. The second-order valence-electron chi connectivity index (χ2n) is 8.55. The lowest BCUT2D eigenvalue weighted by molar-refractivity contribution is -0.154. The minimum absolute atomic E-state index is 0.00584. The van der Waals surface area contributed by atoms with Crippen LogP contribution in [0.2, 0.25) is 0 Å². The number of amides is 1. The van der Waals surface area contributed by atoms with Gasteiger partial charge in [-0.05, 0) is 38.3 Å². The predicted molar refractivity (Wildman–Crippen MR) is 117 cm³/mol. The number of halogens is 3. The Morgan fingerprint density at radius 1 is 1.17 bits per heavy atom. The highest BCUT2D eigenvalue weighted by Crippen LogP contribution is 2.31. The number of nitrogens with one attached hydrogen (secondary N) is 1. The number of carbonyl (C=O) groups is 1. The van der Waals surface area contributed by atoms with Crippen LogP contribution in [-0.2, 0) is 9.84 Å². The van der Waals surface area contributed by atoms with Crippen molar-refractivity contribution >= 4 is 21.4 Å². The second kappa shape index (κ2) is 8.98. The molecule has 10 nitrogen and oxygen atoms in total. The number of fused-ring (bicyclic) bond motifs is 1. The van der Waals surface area contributed by atoms with Gasteiger partial charge in [0.25, 0.3) is 17.7 Å². The Morgan fingerprint density at radius 3 is 2.49 bits per heavy atom. The Hall–Kier alpha value is -3.42. The van der Waals surface area contributed by atoms with Crippen LogP contribution in [0.1, 0.15) is 35.8 Å². The molecule has 0 unspecified atom stereocenters. The van der Waals surface area contributed by atoms with Gasteiger partial charge < -0.3 is 19.2 Å². The van der Waals surface area contributed by atoms with Gasteiger partial charge >= 0.3 is 6.18 Å². The van der Waals surface area contributed by atoms with E-state index in [1.807, 2.05) is 0 Å². The third-order valence-corrected chi connectivity index (χ3v) is 7.19. The summed E-state index contributed by atoms with van der Waals surface area (Å²) < 4.78 is 72.9. The van der Waals surface area contributed by atoms with Crippen molar-refractivity contribution in [2.45, 2.75) is 38.4 Å². The molecule has 4 rings (SSSR count). The molecule has 1 N–H and O–H groups in total. The fourth-order valence-corrected chi connectivity index (χ4v) is 5.24. The molecule has 1 aliphatic heterocycles. The maximum atomic E-state index is 12.8. The number of imidazole rings is 1. The average molecular weight is 513 g/mol. The molecule has 0 saturated carbocycles. The lowest BCUT2D eigenvalue weighted by Gasteiger charge is -2.34. The number of hydrogen-bond acceptors (Lipinski definition) is 8. The van der Waals surface area contributed by atoms with Crippen LogP contribution < -0.4 is 14.8 Å². The molecule has 3 aromatic heterocycles. The molecule has 3 aromatic rings. The first-order valence-corrected chi connectivity index (χ1v) is 12.4. The number of aromatic nitrogens is 4. The van der Waals surface area contributed by atoms with Gasteiger partial charge in [-0.15, -0.1) is 0 Å². The van der Waals surface area contributed by atoms with Gasteiger partial charge in [-0.3, -0.25) is 4.79 Å². The van der Waals surface area contributed by atoms with Gasteiger partial charge in [0.2, 0.25) is 0 Å².